The van der Waals surface area contributed by atoms with Crippen molar-refractivity contribution in [3.8, 4) is 0 Å². The van der Waals surface area contributed by atoms with Gasteiger partial charge in [-0.25, -0.2) is 4.79 Å². The number of halogens is 3. The second kappa shape index (κ2) is 5.02. The van der Waals surface area contributed by atoms with E-state index >= 15 is 0 Å². The Morgan fingerprint density at radius 3 is 2.20 bits per heavy atom. The molecule has 6 nitrogen and oxygen atoms in total. The van der Waals surface area contributed by atoms with Crippen LogP contribution in [0.4, 0.5) is 22.8 Å². The molecule has 1 atom stereocenters. The second-order valence-corrected chi connectivity index (χ2v) is 5.64. The summed E-state index contributed by atoms with van der Waals surface area (Å²) in [7, 11) is 0. The van der Waals surface area contributed by atoms with E-state index in [2.05, 4.69) is 0 Å². The van der Waals surface area contributed by atoms with Crippen LogP contribution in [0.15, 0.2) is 0 Å². The highest BCUT2D eigenvalue weighted by Gasteiger charge is 2.59. The molecular weight excluding hydrogens is 281 g/mol. The minimum Gasteiger partial charge on any atom is -0.530 e. The minimum atomic E-state index is -4.80. The van der Waals surface area contributed by atoms with Crippen LogP contribution >= 0.6 is 0 Å². The molecule has 0 aromatic heterocycles. The number of carbonyl (C=O) groups is 2. The van der Waals surface area contributed by atoms with E-state index in [4.69, 9.17) is 4.74 Å². The molecule has 0 spiro atoms. The standard InChI is InChI=1S/C11H17F3N2O4/c1-9(2,3)20-7(17)15-10(11(12,13)14)4-5-16(6-10)8(18)19/h4-6H2,1-3H3,(H,15,17)(H,18,19)/p-1. The molecular formula is C11H16F3N2O4-. The van der Waals surface area contributed by atoms with E-state index < -0.39 is 42.5 Å². The third-order valence-electron chi connectivity index (χ3n) is 2.81. The summed E-state index contributed by atoms with van der Waals surface area (Å²) in [6.45, 7) is 3.26. The third kappa shape index (κ3) is 3.67. The number of alkyl halides is 3. The molecule has 1 saturated heterocycles. The number of hydrogen-bond acceptors (Lipinski definition) is 4. The van der Waals surface area contributed by atoms with Crippen LogP contribution in [0.5, 0.6) is 0 Å². The van der Waals surface area contributed by atoms with Crippen LogP contribution in [-0.2, 0) is 4.74 Å². The van der Waals surface area contributed by atoms with Crippen LogP contribution in [0, 0.1) is 0 Å². The van der Waals surface area contributed by atoms with Gasteiger partial charge in [0.25, 0.3) is 0 Å². The monoisotopic (exact) mass is 297 g/mol. The zero-order valence-electron chi connectivity index (χ0n) is 11.3. The van der Waals surface area contributed by atoms with Crippen LogP contribution in [-0.4, -0.2) is 47.5 Å². The Balaban J connectivity index is 2.88. The number of amides is 2. The fourth-order valence-electron chi connectivity index (χ4n) is 1.87. The van der Waals surface area contributed by atoms with Crippen molar-refractivity contribution >= 4 is 12.2 Å². The van der Waals surface area contributed by atoms with Gasteiger partial charge in [-0.1, -0.05) is 0 Å². The first-order chi connectivity index (χ1) is 8.86. The van der Waals surface area contributed by atoms with Gasteiger partial charge >= 0.3 is 12.3 Å². The van der Waals surface area contributed by atoms with Crippen LogP contribution in [0.3, 0.4) is 0 Å². The van der Waals surface area contributed by atoms with Gasteiger partial charge in [0.05, 0.1) is 6.54 Å². The van der Waals surface area contributed by atoms with Crippen molar-refractivity contribution in [3.05, 3.63) is 0 Å². The van der Waals surface area contributed by atoms with Crippen molar-refractivity contribution in [2.45, 2.75) is 44.5 Å². The van der Waals surface area contributed by atoms with Crippen LogP contribution < -0.4 is 10.4 Å². The molecule has 1 unspecified atom stereocenters. The van der Waals surface area contributed by atoms with Gasteiger partial charge in [-0.05, 0) is 27.2 Å². The molecule has 0 saturated carbocycles. The lowest BCUT2D eigenvalue weighted by Gasteiger charge is -2.33. The molecule has 0 aliphatic carbocycles. The van der Waals surface area contributed by atoms with Gasteiger partial charge < -0.3 is 24.9 Å². The Bertz CT molecular complexity index is 405. The van der Waals surface area contributed by atoms with Gasteiger partial charge in [-0.3, -0.25) is 0 Å². The number of nitrogens with zero attached hydrogens (tertiary/aromatic N) is 1. The van der Waals surface area contributed by atoms with Gasteiger partial charge in [0, 0.05) is 6.54 Å². The number of alkyl carbamates (subject to hydrolysis) is 1. The summed E-state index contributed by atoms with van der Waals surface area (Å²) in [6, 6.07) is 0. The second-order valence-electron chi connectivity index (χ2n) is 5.64. The molecule has 1 N–H and O–H groups in total. The van der Waals surface area contributed by atoms with E-state index in [-0.39, 0.29) is 6.54 Å². The topological polar surface area (TPSA) is 81.7 Å². The van der Waals surface area contributed by atoms with Gasteiger partial charge in [0.2, 0.25) is 0 Å². The summed E-state index contributed by atoms with van der Waals surface area (Å²) in [5.41, 5.74) is -3.60. The van der Waals surface area contributed by atoms with E-state index in [0.717, 1.165) is 0 Å². The van der Waals surface area contributed by atoms with Crippen molar-refractivity contribution in [3.63, 3.8) is 0 Å². The van der Waals surface area contributed by atoms with E-state index in [9.17, 15) is 27.9 Å². The Hall–Kier alpha value is -1.67. The van der Waals surface area contributed by atoms with Crippen molar-refractivity contribution in [2.24, 2.45) is 0 Å². The first kappa shape index (κ1) is 16.4. The zero-order chi connectivity index (χ0) is 15.8. The van der Waals surface area contributed by atoms with Crippen molar-refractivity contribution in [1.82, 2.24) is 10.2 Å². The molecule has 1 aliphatic rings. The first-order valence-electron chi connectivity index (χ1n) is 5.90. The average Bonchev–Trinajstić information content (AvgIpc) is 2.58. The quantitative estimate of drug-likeness (QED) is 0.778. The van der Waals surface area contributed by atoms with Crippen LogP contribution in [0.1, 0.15) is 27.2 Å². The SMILES string of the molecule is CC(C)(C)OC(=O)NC1(C(F)(F)F)CCN(C(=O)[O-])C1. The summed E-state index contributed by atoms with van der Waals surface area (Å²) in [5.74, 6) is 0. The summed E-state index contributed by atoms with van der Waals surface area (Å²) in [4.78, 5) is 22.7. The Labute approximate surface area is 113 Å². The Kier molecular flexibility index (Phi) is 4.12. The lowest BCUT2D eigenvalue weighted by atomic mass is 9.98. The summed E-state index contributed by atoms with van der Waals surface area (Å²) < 4.78 is 44.2. The Morgan fingerprint density at radius 1 is 1.30 bits per heavy atom. The van der Waals surface area contributed by atoms with Gasteiger partial charge in [0.15, 0.2) is 5.54 Å². The van der Waals surface area contributed by atoms with E-state index in [1.54, 1.807) is 5.32 Å². The molecule has 2 amide bonds. The number of carboxylic acid groups (broad SMARTS) is 1. The normalized spacial score (nSPS) is 23.6. The minimum absolute atomic E-state index is 0.363. The highest BCUT2D eigenvalue weighted by atomic mass is 19.4. The van der Waals surface area contributed by atoms with Crippen LogP contribution in [0.25, 0.3) is 0 Å². The summed E-state index contributed by atoms with van der Waals surface area (Å²) in [5, 5.41) is 12.4. The predicted octanol–water partition coefficient (Wildman–Crippen LogP) is 0.861. The molecule has 0 bridgehead atoms. The molecule has 9 heteroatoms. The molecule has 0 radical (unpaired) electrons. The number of carbonyl (C=O) groups excluding carboxylic acids is 2. The number of rotatable bonds is 1. The predicted molar refractivity (Wildman–Crippen MR) is 59.7 cm³/mol. The molecule has 0 aromatic carbocycles. The number of hydrogen-bond donors (Lipinski definition) is 1. The highest BCUT2D eigenvalue weighted by Crippen LogP contribution is 2.38. The molecule has 0 aromatic rings. The van der Waals surface area contributed by atoms with Gasteiger partial charge in [-0.2, -0.15) is 13.2 Å². The Morgan fingerprint density at radius 2 is 1.85 bits per heavy atom. The number of ether oxygens (including phenoxy) is 1. The van der Waals surface area contributed by atoms with E-state index in [0.29, 0.717) is 4.90 Å². The molecule has 1 fully saturated rings. The van der Waals surface area contributed by atoms with E-state index in [1.165, 1.54) is 20.8 Å². The molecule has 116 valence electrons. The fourth-order valence-corrected chi connectivity index (χ4v) is 1.87. The molecule has 1 rings (SSSR count). The van der Waals surface area contributed by atoms with Gasteiger partial charge in [0.1, 0.15) is 11.7 Å². The lowest BCUT2D eigenvalue weighted by Crippen LogP contribution is -2.61. The third-order valence-corrected chi connectivity index (χ3v) is 2.81. The summed E-state index contributed by atoms with van der Waals surface area (Å²) in [6.07, 6.45) is -8.32. The molecule has 1 heterocycles. The largest absolute Gasteiger partial charge is 0.530 e. The highest BCUT2D eigenvalue weighted by molar-refractivity contribution is 5.70. The summed E-state index contributed by atoms with van der Waals surface area (Å²) >= 11 is 0. The molecule has 1 aliphatic heterocycles. The maximum absolute atomic E-state index is 13.1. The first-order valence-corrected chi connectivity index (χ1v) is 5.90. The number of likely N-dealkylation sites (tertiary alicyclic amines) is 1. The van der Waals surface area contributed by atoms with Gasteiger partial charge in [-0.15, -0.1) is 0 Å². The smallest absolute Gasteiger partial charge is 0.413 e. The maximum Gasteiger partial charge on any atom is 0.413 e. The van der Waals surface area contributed by atoms with Crippen molar-refractivity contribution in [2.75, 3.05) is 13.1 Å². The zero-order valence-corrected chi connectivity index (χ0v) is 11.3. The van der Waals surface area contributed by atoms with Crippen LogP contribution in [0.2, 0.25) is 0 Å². The maximum atomic E-state index is 13.1. The molecule has 20 heavy (non-hydrogen) atoms. The lowest BCUT2D eigenvalue weighted by molar-refractivity contribution is -0.265. The van der Waals surface area contributed by atoms with E-state index in [1.807, 2.05) is 0 Å². The number of nitrogens with one attached hydrogen (secondary N) is 1. The van der Waals surface area contributed by atoms with Crippen molar-refractivity contribution in [1.29, 1.82) is 0 Å². The van der Waals surface area contributed by atoms with Crippen molar-refractivity contribution < 1.29 is 32.6 Å². The average molecular weight is 297 g/mol. The fraction of sp³-hybridized carbons (Fsp3) is 0.818.